The fourth-order valence-electron chi connectivity index (χ4n) is 4.83. The zero-order valence-corrected chi connectivity index (χ0v) is 21.1. The van der Waals surface area contributed by atoms with Crippen LogP contribution in [0.2, 0.25) is 5.02 Å². The van der Waals surface area contributed by atoms with E-state index in [9.17, 15) is 19.1 Å². The third-order valence-corrected chi connectivity index (χ3v) is 7.33. The number of H-pyrrole nitrogens is 2. The Balaban J connectivity index is 0.000000204. The molecule has 3 N–H and O–H groups in total. The Morgan fingerprint density at radius 2 is 1.45 bits per heavy atom. The van der Waals surface area contributed by atoms with E-state index in [1.165, 1.54) is 30.9 Å². The summed E-state index contributed by atoms with van der Waals surface area (Å²) in [4.78, 5) is 38.3. The summed E-state index contributed by atoms with van der Waals surface area (Å²) in [6.45, 7) is 1.78. The smallest absolute Gasteiger partial charge is 0.258 e. The van der Waals surface area contributed by atoms with Crippen molar-refractivity contribution in [1.29, 1.82) is 0 Å². The van der Waals surface area contributed by atoms with Crippen LogP contribution < -0.4 is 16.0 Å². The molecule has 3 aromatic carbocycles. The minimum Gasteiger partial charge on any atom is -0.395 e. The fourth-order valence-corrected chi connectivity index (χ4v) is 4.96. The molecule has 194 valence electrons. The van der Waals surface area contributed by atoms with Crippen molar-refractivity contribution in [1.82, 2.24) is 19.9 Å². The number of anilines is 1. The van der Waals surface area contributed by atoms with Crippen molar-refractivity contribution in [2.45, 2.75) is 18.3 Å². The average molecular weight is 534 g/mol. The lowest BCUT2D eigenvalue weighted by atomic mass is 9.73. The maximum absolute atomic E-state index is 12.6. The predicted molar refractivity (Wildman–Crippen MR) is 146 cm³/mol. The fraction of sp³-hybridized carbons (Fsp3) is 0.214. The van der Waals surface area contributed by atoms with Crippen LogP contribution in [-0.2, 0) is 5.41 Å². The molecule has 0 amide bonds. The highest BCUT2D eigenvalue weighted by molar-refractivity contribution is 6.30. The maximum atomic E-state index is 12.6. The van der Waals surface area contributed by atoms with Gasteiger partial charge in [-0.1, -0.05) is 23.7 Å². The van der Waals surface area contributed by atoms with Gasteiger partial charge in [0.2, 0.25) is 0 Å². The minimum absolute atomic E-state index is 0.122. The maximum Gasteiger partial charge on any atom is 0.258 e. The van der Waals surface area contributed by atoms with E-state index in [0.29, 0.717) is 26.8 Å². The number of hydrogen-bond donors (Lipinski definition) is 3. The molecular weight excluding hydrogens is 509 g/mol. The van der Waals surface area contributed by atoms with Gasteiger partial charge in [-0.25, -0.2) is 14.4 Å². The zero-order chi connectivity index (χ0) is 26.7. The van der Waals surface area contributed by atoms with Gasteiger partial charge in [-0.3, -0.25) is 9.59 Å². The third-order valence-electron chi connectivity index (χ3n) is 7.07. The summed E-state index contributed by atoms with van der Waals surface area (Å²) >= 11 is 6.00. The molecule has 6 rings (SSSR count). The van der Waals surface area contributed by atoms with Crippen molar-refractivity contribution in [3.63, 3.8) is 0 Å². The van der Waals surface area contributed by atoms with Crippen LogP contribution in [0.1, 0.15) is 18.4 Å². The summed E-state index contributed by atoms with van der Waals surface area (Å²) < 4.78 is 12.6. The molecule has 5 aromatic rings. The predicted octanol–water partition coefficient (Wildman–Crippen LogP) is 4.17. The highest BCUT2D eigenvalue weighted by atomic mass is 35.5. The van der Waals surface area contributed by atoms with Crippen LogP contribution in [0.15, 0.2) is 82.9 Å². The van der Waals surface area contributed by atoms with Gasteiger partial charge in [0.1, 0.15) is 5.82 Å². The van der Waals surface area contributed by atoms with E-state index in [2.05, 4.69) is 24.8 Å². The van der Waals surface area contributed by atoms with Crippen molar-refractivity contribution in [3.05, 3.63) is 110 Å². The second-order valence-electron chi connectivity index (χ2n) is 9.26. The van der Waals surface area contributed by atoms with Crippen molar-refractivity contribution in [3.8, 4) is 0 Å². The van der Waals surface area contributed by atoms with Gasteiger partial charge in [0.25, 0.3) is 11.1 Å². The molecular formula is C28H25ClFN5O3. The van der Waals surface area contributed by atoms with Crippen molar-refractivity contribution in [2.75, 3.05) is 24.6 Å². The summed E-state index contributed by atoms with van der Waals surface area (Å²) in [5, 5.41) is 11.8. The van der Waals surface area contributed by atoms with Gasteiger partial charge in [-0.15, -0.1) is 0 Å². The monoisotopic (exact) mass is 533 g/mol. The number of piperidine rings is 1. The molecule has 1 fully saturated rings. The molecule has 3 heterocycles. The molecule has 0 unspecified atom stereocenters. The number of benzene rings is 3. The second-order valence-corrected chi connectivity index (χ2v) is 9.70. The number of halogens is 2. The van der Waals surface area contributed by atoms with E-state index in [4.69, 9.17) is 11.6 Å². The van der Waals surface area contributed by atoms with Gasteiger partial charge in [0.15, 0.2) is 0 Å². The summed E-state index contributed by atoms with van der Waals surface area (Å²) in [7, 11) is 0. The highest BCUT2D eigenvalue weighted by Gasteiger charge is 2.35. The molecule has 0 radical (unpaired) electrons. The van der Waals surface area contributed by atoms with Crippen molar-refractivity contribution < 1.29 is 9.50 Å². The summed E-state index contributed by atoms with van der Waals surface area (Å²) in [5.41, 5.74) is 2.66. The van der Waals surface area contributed by atoms with Crippen LogP contribution in [-0.4, -0.2) is 44.7 Å². The Kier molecular flexibility index (Phi) is 7.22. The SMILES string of the molecule is O=c1[nH]cnc2cc(F)ccc12.O=c1[nH]cnc2cc(N3CCC(CO)(c4ccc(Cl)cc4)CC3)ccc12. The summed E-state index contributed by atoms with van der Waals surface area (Å²) in [6, 6.07) is 17.4. The number of aliphatic hydroxyl groups excluding tert-OH is 1. The van der Waals surface area contributed by atoms with Crippen molar-refractivity contribution >= 4 is 39.1 Å². The van der Waals surface area contributed by atoms with E-state index in [0.717, 1.165) is 37.2 Å². The Morgan fingerprint density at radius 3 is 2.05 bits per heavy atom. The zero-order valence-electron chi connectivity index (χ0n) is 20.3. The minimum atomic E-state index is -0.388. The first kappa shape index (κ1) is 25.6. The average Bonchev–Trinajstić information content (AvgIpc) is 2.94. The molecule has 10 heteroatoms. The van der Waals surface area contributed by atoms with Gasteiger partial charge in [0, 0.05) is 35.3 Å². The molecule has 0 aliphatic carbocycles. The third kappa shape index (κ3) is 5.16. The van der Waals surface area contributed by atoms with Crippen molar-refractivity contribution in [2.24, 2.45) is 0 Å². The largest absolute Gasteiger partial charge is 0.395 e. The van der Waals surface area contributed by atoms with E-state index in [1.54, 1.807) is 0 Å². The molecule has 0 atom stereocenters. The number of rotatable bonds is 3. The number of hydrogen-bond acceptors (Lipinski definition) is 6. The van der Waals surface area contributed by atoms with Crippen LogP contribution in [0, 0.1) is 5.82 Å². The number of aromatic amines is 2. The molecule has 0 saturated carbocycles. The van der Waals surface area contributed by atoms with E-state index >= 15 is 0 Å². The van der Waals surface area contributed by atoms with Crippen LogP contribution >= 0.6 is 11.6 Å². The first-order chi connectivity index (χ1) is 18.4. The Morgan fingerprint density at radius 1 is 0.868 bits per heavy atom. The normalized spacial score (nSPS) is 14.8. The first-order valence-corrected chi connectivity index (χ1v) is 12.5. The number of aliphatic hydroxyl groups is 1. The van der Waals surface area contributed by atoms with E-state index in [1.807, 2.05) is 42.5 Å². The Hall–Kier alpha value is -4.08. The highest BCUT2D eigenvalue weighted by Crippen LogP contribution is 2.37. The summed E-state index contributed by atoms with van der Waals surface area (Å²) in [5.74, 6) is -0.388. The molecule has 0 bridgehead atoms. The van der Waals surface area contributed by atoms with Crippen LogP contribution in [0.4, 0.5) is 10.1 Å². The van der Waals surface area contributed by atoms with Gasteiger partial charge >= 0.3 is 0 Å². The lowest BCUT2D eigenvalue weighted by Gasteiger charge is -2.42. The second kappa shape index (κ2) is 10.7. The Bertz CT molecular complexity index is 1700. The quantitative estimate of drug-likeness (QED) is 0.321. The molecule has 1 aliphatic rings. The topological polar surface area (TPSA) is 115 Å². The number of nitrogens with one attached hydrogen (secondary N) is 2. The Labute approximate surface area is 221 Å². The molecule has 8 nitrogen and oxygen atoms in total. The van der Waals surface area contributed by atoms with E-state index < -0.39 is 0 Å². The van der Waals surface area contributed by atoms with Gasteiger partial charge < -0.3 is 20.0 Å². The lowest BCUT2D eigenvalue weighted by molar-refractivity contribution is 0.165. The number of fused-ring (bicyclic) bond motifs is 2. The molecule has 2 aromatic heterocycles. The molecule has 0 spiro atoms. The number of nitrogens with zero attached hydrogens (tertiary/aromatic N) is 3. The van der Waals surface area contributed by atoms with Crippen LogP contribution in [0.25, 0.3) is 21.8 Å². The van der Waals surface area contributed by atoms with E-state index in [-0.39, 0.29) is 29.0 Å². The van der Waals surface area contributed by atoms with Crippen LogP contribution in [0.3, 0.4) is 0 Å². The van der Waals surface area contributed by atoms with Gasteiger partial charge in [-0.2, -0.15) is 0 Å². The standard InChI is InChI=1S/C20H20ClN3O2.C8H5FN2O/c21-15-3-1-14(2-4-15)20(12-25)7-9-24(10-8-20)16-5-6-17-18(11-16)22-13-23-19(17)26;9-5-1-2-6-7(3-5)10-4-11-8(6)12/h1-6,11,13,25H,7-10,12H2,(H,22,23,26);1-4H,(H,10,11,12). The molecule has 38 heavy (non-hydrogen) atoms. The van der Waals surface area contributed by atoms with Crippen LogP contribution in [0.5, 0.6) is 0 Å². The molecule has 1 saturated heterocycles. The van der Waals surface area contributed by atoms with Gasteiger partial charge in [-0.05, 0) is 60.9 Å². The van der Waals surface area contributed by atoms with Gasteiger partial charge in [0.05, 0.1) is 41.1 Å². The molecule has 1 aliphatic heterocycles. The number of aromatic nitrogens is 4. The lowest BCUT2D eigenvalue weighted by Crippen LogP contribution is -2.44. The first-order valence-electron chi connectivity index (χ1n) is 12.1. The summed E-state index contributed by atoms with van der Waals surface area (Å²) in [6.07, 6.45) is 4.39.